The van der Waals surface area contributed by atoms with E-state index >= 15 is 0 Å². The molecular formula is C12H15BrN2O. The second-order valence-corrected chi connectivity index (χ2v) is 4.57. The van der Waals surface area contributed by atoms with Crippen LogP contribution in [0.5, 0.6) is 5.75 Å². The van der Waals surface area contributed by atoms with Gasteiger partial charge in [-0.05, 0) is 48.1 Å². The second kappa shape index (κ2) is 4.47. The Morgan fingerprint density at radius 1 is 1.44 bits per heavy atom. The highest BCUT2D eigenvalue weighted by Crippen LogP contribution is 2.33. The fourth-order valence-corrected chi connectivity index (χ4v) is 2.50. The van der Waals surface area contributed by atoms with Crippen LogP contribution < -0.4 is 10.1 Å². The number of rotatable bonds is 3. The summed E-state index contributed by atoms with van der Waals surface area (Å²) < 4.78 is 6.32. The molecule has 2 N–H and O–H groups in total. The van der Waals surface area contributed by atoms with E-state index in [-0.39, 0.29) is 6.04 Å². The molecule has 0 radical (unpaired) electrons. The fraction of sp³-hybridized carbons (Fsp3) is 0.333. The van der Waals surface area contributed by atoms with Crippen LogP contribution in [0.2, 0.25) is 0 Å². The molecular weight excluding hydrogens is 268 g/mol. The van der Waals surface area contributed by atoms with Gasteiger partial charge in [-0.1, -0.05) is 0 Å². The van der Waals surface area contributed by atoms with Crippen molar-refractivity contribution in [2.45, 2.75) is 13.0 Å². The Hall–Kier alpha value is -1.00. The van der Waals surface area contributed by atoms with E-state index in [0.717, 1.165) is 26.8 Å². The van der Waals surface area contributed by atoms with E-state index in [1.807, 2.05) is 25.2 Å². The van der Waals surface area contributed by atoms with Crippen molar-refractivity contribution in [3.8, 4) is 5.75 Å². The monoisotopic (exact) mass is 282 g/mol. The first-order valence-corrected chi connectivity index (χ1v) is 5.99. The minimum Gasteiger partial charge on any atom is -0.497 e. The summed E-state index contributed by atoms with van der Waals surface area (Å²) in [5.41, 5.74) is 2.27. The SMILES string of the molecule is CNC(C)c1[nH]c2ccc(OC)cc2c1Br. The lowest BCUT2D eigenvalue weighted by molar-refractivity contribution is 0.415. The third-order valence-corrected chi connectivity index (χ3v) is 3.69. The van der Waals surface area contributed by atoms with E-state index in [9.17, 15) is 0 Å². The molecule has 4 heteroatoms. The molecule has 1 aromatic heterocycles. The first kappa shape index (κ1) is 11.5. The van der Waals surface area contributed by atoms with Gasteiger partial charge in [-0.25, -0.2) is 0 Å². The number of benzene rings is 1. The van der Waals surface area contributed by atoms with Crippen molar-refractivity contribution < 1.29 is 4.74 Å². The number of methoxy groups -OCH3 is 1. The Bertz CT molecular complexity index is 507. The normalized spacial score (nSPS) is 13.0. The number of hydrogen-bond acceptors (Lipinski definition) is 2. The number of nitrogens with one attached hydrogen (secondary N) is 2. The Balaban J connectivity index is 2.59. The maximum absolute atomic E-state index is 5.22. The quantitative estimate of drug-likeness (QED) is 0.907. The summed E-state index contributed by atoms with van der Waals surface area (Å²) in [5.74, 6) is 0.871. The number of aromatic amines is 1. The van der Waals surface area contributed by atoms with E-state index < -0.39 is 0 Å². The molecule has 86 valence electrons. The average molecular weight is 283 g/mol. The third kappa shape index (κ3) is 1.83. The van der Waals surface area contributed by atoms with Gasteiger partial charge in [0.15, 0.2) is 0 Å². The van der Waals surface area contributed by atoms with Crippen LogP contribution in [0.15, 0.2) is 22.7 Å². The number of ether oxygens (including phenoxy) is 1. The van der Waals surface area contributed by atoms with Gasteiger partial charge in [0.2, 0.25) is 0 Å². The molecule has 0 saturated heterocycles. The maximum Gasteiger partial charge on any atom is 0.119 e. The zero-order valence-electron chi connectivity index (χ0n) is 9.60. The molecule has 0 aliphatic carbocycles. The van der Waals surface area contributed by atoms with Crippen molar-refractivity contribution in [1.82, 2.24) is 10.3 Å². The summed E-state index contributed by atoms with van der Waals surface area (Å²) in [6, 6.07) is 6.30. The largest absolute Gasteiger partial charge is 0.497 e. The summed E-state index contributed by atoms with van der Waals surface area (Å²) in [6.45, 7) is 2.12. The van der Waals surface area contributed by atoms with Gasteiger partial charge in [-0.15, -0.1) is 0 Å². The van der Waals surface area contributed by atoms with Gasteiger partial charge < -0.3 is 15.0 Å². The molecule has 0 fully saturated rings. The fourth-order valence-electron chi connectivity index (χ4n) is 1.73. The van der Waals surface area contributed by atoms with Gasteiger partial charge in [-0.3, -0.25) is 0 Å². The van der Waals surface area contributed by atoms with Crippen molar-refractivity contribution in [3.05, 3.63) is 28.4 Å². The van der Waals surface area contributed by atoms with Crippen molar-refractivity contribution in [3.63, 3.8) is 0 Å². The number of aromatic nitrogens is 1. The predicted molar refractivity (Wildman–Crippen MR) is 70.0 cm³/mol. The summed E-state index contributed by atoms with van der Waals surface area (Å²) in [5, 5.41) is 4.37. The van der Waals surface area contributed by atoms with E-state index in [0.29, 0.717) is 0 Å². The Morgan fingerprint density at radius 3 is 2.81 bits per heavy atom. The Kier molecular flexibility index (Phi) is 3.21. The van der Waals surface area contributed by atoms with Gasteiger partial charge in [-0.2, -0.15) is 0 Å². The summed E-state index contributed by atoms with van der Waals surface area (Å²) in [7, 11) is 3.63. The molecule has 0 bridgehead atoms. The lowest BCUT2D eigenvalue weighted by Crippen LogP contribution is -2.12. The summed E-state index contributed by atoms with van der Waals surface area (Å²) >= 11 is 3.63. The van der Waals surface area contributed by atoms with Gasteiger partial charge in [0.05, 0.1) is 7.11 Å². The van der Waals surface area contributed by atoms with Crippen molar-refractivity contribution in [2.24, 2.45) is 0 Å². The van der Waals surface area contributed by atoms with Crippen LogP contribution in [-0.2, 0) is 0 Å². The molecule has 0 amide bonds. The second-order valence-electron chi connectivity index (χ2n) is 3.77. The van der Waals surface area contributed by atoms with Crippen molar-refractivity contribution in [2.75, 3.05) is 14.2 Å². The topological polar surface area (TPSA) is 37.0 Å². The number of halogens is 1. The van der Waals surface area contributed by atoms with Crippen LogP contribution in [0.3, 0.4) is 0 Å². The Labute approximate surface area is 103 Å². The molecule has 3 nitrogen and oxygen atoms in total. The van der Waals surface area contributed by atoms with E-state index in [2.05, 4.69) is 33.2 Å². The van der Waals surface area contributed by atoms with Gasteiger partial charge in [0.1, 0.15) is 5.75 Å². The van der Waals surface area contributed by atoms with Gasteiger partial charge in [0, 0.05) is 27.1 Å². The number of hydrogen-bond donors (Lipinski definition) is 2. The molecule has 1 aromatic carbocycles. The van der Waals surface area contributed by atoms with Crippen LogP contribution in [0.25, 0.3) is 10.9 Å². The molecule has 0 saturated carbocycles. The Morgan fingerprint density at radius 2 is 2.19 bits per heavy atom. The van der Waals surface area contributed by atoms with Crippen molar-refractivity contribution in [1.29, 1.82) is 0 Å². The molecule has 2 rings (SSSR count). The first-order chi connectivity index (χ1) is 7.67. The van der Waals surface area contributed by atoms with Gasteiger partial charge in [0.25, 0.3) is 0 Å². The molecule has 16 heavy (non-hydrogen) atoms. The summed E-state index contributed by atoms with van der Waals surface area (Å²) in [6.07, 6.45) is 0. The summed E-state index contributed by atoms with van der Waals surface area (Å²) in [4.78, 5) is 3.40. The molecule has 1 atom stereocenters. The molecule has 2 aromatic rings. The third-order valence-electron chi connectivity index (χ3n) is 2.84. The highest BCUT2D eigenvalue weighted by Gasteiger charge is 2.13. The van der Waals surface area contributed by atoms with Crippen LogP contribution in [0, 0.1) is 0 Å². The minimum absolute atomic E-state index is 0.285. The lowest BCUT2D eigenvalue weighted by atomic mass is 10.2. The molecule has 0 aliphatic heterocycles. The molecule has 0 spiro atoms. The molecule has 1 heterocycles. The van der Waals surface area contributed by atoms with E-state index in [1.54, 1.807) is 7.11 Å². The number of fused-ring (bicyclic) bond motifs is 1. The van der Waals surface area contributed by atoms with Crippen LogP contribution in [-0.4, -0.2) is 19.1 Å². The molecule has 0 aliphatic rings. The average Bonchev–Trinajstić information content (AvgIpc) is 2.65. The van der Waals surface area contributed by atoms with Crippen LogP contribution >= 0.6 is 15.9 Å². The first-order valence-electron chi connectivity index (χ1n) is 5.19. The highest BCUT2D eigenvalue weighted by molar-refractivity contribution is 9.10. The van der Waals surface area contributed by atoms with E-state index in [4.69, 9.17) is 4.74 Å². The lowest BCUT2D eigenvalue weighted by Gasteiger charge is -2.08. The zero-order chi connectivity index (χ0) is 11.7. The molecule has 1 unspecified atom stereocenters. The number of H-pyrrole nitrogens is 1. The van der Waals surface area contributed by atoms with Gasteiger partial charge >= 0.3 is 0 Å². The minimum atomic E-state index is 0.285. The standard InChI is InChI=1S/C12H15BrN2O/c1-7(14-2)12-11(13)9-6-8(16-3)4-5-10(9)15-12/h4-7,14-15H,1-3H3. The maximum atomic E-state index is 5.22. The predicted octanol–water partition coefficient (Wildman–Crippen LogP) is 3.22. The van der Waals surface area contributed by atoms with Crippen LogP contribution in [0.4, 0.5) is 0 Å². The smallest absolute Gasteiger partial charge is 0.119 e. The van der Waals surface area contributed by atoms with E-state index in [1.165, 1.54) is 0 Å². The van der Waals surface area contributed by atoms with Crippen LogP contribution in [0.1, 0.15) is 18.7 Å². The highest BCUT2D eigenvalue weighted by atomic mass is 79.9. The zero-order valence-corrected chi connectivity index (χ0v) is 11.2. The van der Waals surface area contributed by atoms with Crippen molar-refractivity contribution >= 4 is 26.8 Å².